The third-order valence-corrected chi connectivity index (χ3v) is 5.45. The molecule has 2 aromatic carbocycles. The zero-order chi connectivity index (χ0) is 23.4. The van der Waals surface area contributed by atoms with Gasteiger partial charge in [0.2, 0.25) is 5.76 Å². The highest BCUT2D eigenvalue weighted by atomic mass is 16.5. The minimum atomic E-state index is -0.964. The molecule has 1 amide bonds. The molecule has 1 aliphatic rings. The largest absolute Gasteiger partial charge is 0.508 e. The molecule has 0 bridgehead atoms. The summed E-state index contributed by atoms with van der Waals surface area (Å²) in [6.07, 6.45) is 0. The Bertz CT molecular complexity index is 1500. The van der Waals surface area contributed by atoms with E-state index in [9.17, 15) is 24.6 Å². The van der Waals surface area contributed by atoms with Crippen LogP contribution in [0.25, 0.3) is 11.0 Å². The first kappa shape index (κ1) is 20.3. The lowest BCUT2D eigenvalue weighted by molar-refractivity contribution is 0.0600. The van der Waals surface area contributed by atoms with Crippen LogP contribution in [0.2, 0.25) is 0 Å². The summed E-state index contributed by atoms with van der Waals surface area (Å²) in [6.45, 7) is 1.66. The van der Waals surface area contributed by atoms with Crippen molar-refractivity contribution in [2.75, 3.05) is 12.0 Å². The lowest BCUT2D eigenvalue weighted by Crippen LogP contribution is -2.29. The highest BCUT2D eigenvalue weighted by molar-refractivity contribution is 6.10. The Labute approximate surface area is 185 Å². The summed E-state index contributed by atoms with van der Waals surface area (Å²) in [5, 5.41) is 23.9. The van der Waals surface area contributed by atoms with Crippen molar-refractivity contribution in [2.24, 2.45) is 0 Å². The maximum atomic E-state index is 13.5. The van der Waals surface area contributed by atoms with Gasteiger partial charge in [-0.05, 0) is 30.7 Å². The summed E-state index contributed by atoms with van der Waals surface area (Å²) in [4.78, 5) is 39.9. The SMILES string of the molecule is COC(=O)c1ccc(C2c3c(oc4c(O)cc(O)cc4c3=O)C(=O)N2c2cc(C)on2)cc1. The van der Waals surface area contributed by atoms with E-state index in [2.05, 4.69) is 5.16 Å². The Morgan fingerprint density at radius 2 is 1.85 bits per heavy atom. The molecular weight excluding hydrogens is 432 g/mol. The number of rotatable bonds is 3. The quantitative estimate of drug-likeness (QED) is 0.452. The Morgan fingerprint density at radius 1 is 1.12 bits per heavy atom. The molecule has 166 valence electrons. The number of aryl methyl sites for hydroxylation is 1. The van der Waals surface area contributed by atoms with Crippen LogP contribution in [0.1, 0.15) is 43.8 Å². The number of anilines is 1. The van der Waals surface area contributed by atoms with Crippen LogP contribution in [-0.4, -0.2) is 34.4 Å². The third kappa shape index (κ3) is 3.03. The number of ether oxygens (including phenoxy) is 1. The molecule has 1 atom stereocenters. The number of fused-ring (bicyclic) bond motifs is 2. The van der Waals surface area contributed by atoms with Crippen LogP contribution in [0.5, 0.6) is 11.5 Å². The van der Waals surface area contributed by atoms with E-state index >= 15 is 0 Å². The van der Waals surface area contributed by atoms with Gasteiger partial charge in [-0.2, -0.15) is 0 Å². The number of phenolic OH excluding ortho intramolecular Hbond substituents is 2. The van der Waals surface area contributed by atoms with Crippen LogP contribution >= 0.6 is 0 Å². The molecule has 5 rings (SSSR count). The number of aromatic nitrogens is 1. The normalized spacial score (nSPS) is 15.2. The molecule has 1 unspecified atom stereocenters. The Hall–Kier alpha value is -4.60. The van der Waals surface area contributed by atoms with Crippen molar-refractivity contribution in [2.45, 2.75) is 13.0 Å². The van der Waals surface area contributed by atoms with E-state index in [0.717, 1.165) is 12.1 Å². The van der Waals surface area contributed by atoms with E-state index in [1.807, 2.05) is 0 Å². The van der Waals surface area contributed by atoms with E-state index < -0.39 is 29.1 Å². The lowest BCUT2D eigenvalue weighted by Gasteiger charge is -2.22. The summed E-state index contributed by atoms with van der Waals surface area (Å²) in [5.41, 5.74) is -0.0381. The first-order chi connectivity index (χ1) is 15.8. The van der Waals surface area contributed by atoms with Gasteiger partial charge in [-0.1, -0.05) is 17.3 Å². The molecule has 0 radical (unpaired) electrons. The van der Waals surface area contributed by atoms with Crippen LogP contribution < -0.4 is 10.3 Å². The Morgan fingerprint density at radius 3 is 2.48 bits per heavy atom. The van der Waals surface area contributed by atoms with Crippen LogP contribution in [-0.2, 0) is 4.74 Å². The van der Waals surface area contributed by atoms with Crippen molar-refractivity contribution in [1.82, 2.24) is 5.16 Å². The van der Waals surface area contributed by atoms with E-state index in [1.54, 1.807) is 19.1 Å². The first-order valence-electron chi connectivity index (χ1n) is 9.78. The van der Waals surface area contributed by atoms with Crippen LogP contribution in [0, 0.1) is 6.92 Å². The Balaban J connectivity index is 1.78. The number of hydrogen-bond donors (Lipinski definition) is 2. The number of nitrogens with zero attached hydrogens (tertiary/aromatic N) is 2. The highest BCUT2D eigenvalue weighted by Crippen LogP contribution is 2.42. The van der Waals surface area contributed by atoms with Crippen molar-refractivity contribution in [1.29, 1.82) is 0 Å². The lowest BCUT2D eigenvalue weighted by atomic mass is 9.97. The van der Waals surface area contributed by atoms with Gasteiger partial charge in [0.1, 0.15) is 11.5 Å². The van der Waals surface area contributed by atoms with E-state index in [-0.39, 0.29) is 39.4 Å². The van der Waals surface area contributed by atoms with Crippen molar-refractivity contribution in [3.05, 3.63) is 80.9 Å². The number of methoxy groups -OCH3 is 1. The summed E-state index contributed by atoms with van der Waals surface area (Å²) in [7, 11) is 1.26. The van der Waals surface area contributed by atoms with E-state index in [1.165, 1.54) is 30.2 Å². The van der Waals surface area contributed by atoms with E-state index in [4.69, 9.17) is 13.7 Å². The molecule has 10 heteroatoms. The van der Waals surface area contributed by atoms with Gasteiger partial charge in [-0.25, -0.2) is 4.79 Å². The fourth-order valence-electron chi connectivity index (χ4n) is 3.98. The summed E-state index contributed by atoms with van der Waals surface area (Å²) in [5.74, 6) is -1.68. The predicted molar refractivity (Wildman–Crippen MR) is 113 cm³/mol. The van der Waals surface area contributed by atoms with Crippen LogP contribution in [0.4, 0.5) is 5.82 Å². The maximum absolute atomic E-state index is 13.5. The monoisotopic (exact) mass is 448 g/mol. The topological polar surface area (TPSA) is 143 Å². The predicted octanol–water partition coefficient (Wildman–Crippen LogP) is 3.04. The molecule has 0 aliphatic carbocycles. The fraction of sp³-hybridized carbons (Fsp3) is 0.130. The molecule has 0 saturated heterocycles. The molecular formula is C23H16N2O8. The number of esters is 1. The third-order valence-electron chi connectivity index (χ3n) is 5.45. The number of aromatic hydroxyl groups is 2. The average Bonchev–Trinajstić information content (AvgIpc) is 3.35. The summed E-state index contributed by atoms with van der Waals surface area (Å²) < 4.78 is 15.5. The van der Waals surface area contributed by atoms with Gasteiger partial charge in [-0.15, -0.1) is 0 Å². The van der Waals surface area contributed by atoms with Crippen molar-refractivity contribution in [3.63, 3.8) is 0 Å². The molecule has 3 heterocycles. The smallest absolute Gasteiger partial charge is 0.337 e. The second kappa shape index (κ2) is 7.23. The van der Waals surface area contributed by atoms with Gasteiger partial charge in [-0.3, -0.25) is 14.5 Å². The number of benzene rings is 2. The zero-order valence-electron chi connectivity index (χ0n) is 17.4. The van der Waals surface area contributed by atoms with Gasteiger partial charge in [0, 0.05) is 12.1 Å². The molecule has 33 heavy (non-hydrogen) atoms. The summed E-state index contributed by atoms with van der Waals surface area (Å²) >= 11 is 0. The van der Waals surface area contributed by atoms with Gasteiger partial charge < -0.3 is 23.9 Å². The molecule has 0 fully saturated rings. The van der Waals surface area contributed by atoms with Crippen molar-refractivity contribution >= 4 is 28.7 Å². The standard InChI is InChI=1S/C23H16N2O8/c1-10-7-16(24-33-10)25-18(11-3-5-12(6-4-11)23(30)31-2)17-19(28)14-8-13(26)9-15(27)20(14)32-21(17)22(25)29/h3-9,18,26-27H,1-2H3. The number of hydrogen-bond acceptors (Lipinski definition) is 9. The second-order valence-electron chi connectivity index (χ2n) is 7.50. The van der Waals surface area contributed by atoms with Gasteiger partial charge in [0.15, 0.2) is 22.6 Å². The maximum Gasteiger partial charge on any atom is 0.337 e. The van der Waals surface area contributed by atoms with Crippen molar-refractivity contribution < 1.29 is 33.5 Å². The van der Waals surface area contributed by atoms with Crippen LogP contribution in [0.15, 0.2) is 56.2 Å². The first-order valence-corrected chi connectivity index (χ1v) is 9.78. The average molecular weight is 448 g/mol. The minimum absolute atomic E-state index is 0.00368. The molecule has 0 saturated carbocycles. The zero-order valence-corrected chi connectivity index (χ0v) is 17.4. The number of amides is 1. The Kier molecular flexibility index (Phi) is 4.45. The molecule has 2 N–H and O–H groups in total. The van der Waals surface area contributed by atoms with Gasteiger partial charge in [0.05, 0.1) is 29.7 Å². The number of carbonyl (C=O) groups is 2. The van der Waals surface area contributed by atoms with Crippen molar-refractivity contribution in [3.8, 4) is 11.5 Å². The number of phenols is 2. The van der Waals surface area contributed by atoms with Gasteiger partial charge >= 0.3 is 5.97 Å². The fourth-order valence-corrected chi connectivity index (χ4v) is 3.98. The van der Waals surface area contributed by atoms with Crippen LogP contribution in [0.3, 0.4) is 0 Å². The minimum Gasteiger partial charge on any atom is -0.508 e. The second-order valence-corrected chi connectivity index (χ2v) is 7.50. The van der Waals surface area contributed by atoms with E-state index in [0.29, 0.717) is 11.3 Å². The molecule has 0 spiro atoms. The molecule has 2 aromatic heterocycles. The highest BCUT2D eigenvalue weighted by Gasteiger charge is 2.45. The molecule has 4 aromatic rings. The van der Waals surface area contributed by atoms with Gasteiger partial charge in [0.25, 0.3) is 5.91 Å². The summed E-state index contributed by atoms with van der Waals surface area (Å²) in [6, 6.07) is 8.93. The number of carbonyl (C=O) groups excluding carboxylic acids is 2. The molecule has 1 aliphatic heterocycles. The molecule has 10 nitrogen and oxygen atoms in total.